The van der Waals surface area contributed by atoms with Crippen molar-refractivity contribution >= 4 is 54.8 Å². The lowest BCUT2D eigenvalue weighted by Gasteiger charge is -2.28. The van der Waals surface area contributed by atoms with E-state index in [1.165, 1.54) is 0 Å². The summed E-state index contributed by atoms with van der Waals surface area (Å²) in [7, 11) is -1.04. The minimum atomic E-state index is -1.04. The number of hydrogen-bond acceptors (Lipinski definition) is 5. The summed E-state index contributed by atoms with van der Waals surface area (Å²) in [5, 5.41) is 8.06. The number of ether oxygens (including phenoxy) is 1. The summed E-state index contributed by atoms with van der Waals surface area (Å²) in [6.07, 6.45) is 4.54. The maximum atomic E-state index is 13.4. The summed E-state index contributed by atoms with van der Waals surface area (Å²) in [5.74, 6) is 1.29. The highest BCUT2D eigenvalue weighted by Crippen LogP contribution is 2.48. The molecule has 2 N–H and O–H groups in total. The Morgan fingerprint density at radius 3 is 2.65 bits per heavy atom. The van der Waals surface area contributed by atoms with Gasteiger partial charge in [0.25, 0.3) is 4.83 Å². The first kappa shape index (κ1) is 23.2. The molecule has 2 atom stereocenters. The van der Waals surface area contributed by atoms with Crippen molar-refractivity contribution in [3.63, 3.8) is 0 Å². The van der Waals surface area contributed by atoms with Gasteiger partial charge in [-0.25, -0.2) is 14.6 Å². The second kappa shape index (κ2) is 9.33. The van der Waals surface area contributed by atoms with E-state index < -0.39 is 16.5 Å². The van der Waals surface area contributed by atoms with Crippen LogP contribution in [0.15, 0.2) is 66.2 Å². The number of urea groups is 1. The lowest BCUT2D eigenvalue weighted by atomic mass is 9.94. The average Bonchev–Trinajstić information content (AvgIpc) is 3.27. The molecule has 0 spiro atoms. The summed E-state index contributed by atoms with van der Waals surface area (Å²) in [5.41, 5.74) is 2.73. The fraction of sp³-hybridized carbons (Fsp3) is 0.214. The van der Waals surface area contributed by atoms with Crippen LogP contribution in [0.5, 0.6) is 11.5 Å². The van der Waals surface area contributed by atoms with Gasteiger partial charge in [0.05, 0.1) is 17.4 Å². The molecule has 1 saturated carbocycles. The lowest BCUT2D eigenvalue weighted by Crippen LogP contribution is -2.40. The van der Waals surface area contributed by atoms with Crippen molar-refractivity contribution in [1.82, 2.24) is 10.3 Å². The number of carbonyl (C=O) groups is 3. The number of amides is 3. The molecule has 9 heteroatoms. The topological polar surface area (TPSA) is 101 Å². The van der Waals surface area contributed by atoms with E-state index in [9.17, 15) is 14.4 Å². The van der Waals surface area contributed by atoms with E-state index in [0.29, 0.717) is 51.6 Å². The Balaban J connectivity index is 1.40. The van der Waals surface area contributed by atoms with Gasteiger partial charge in [-0.05, 0) is 49.6 Å². The molecule has 4 aromatic rings. The number of hydrogen-bond donors (Lipinski definition) is 2. The summed E-state index contributed by atoms with van der Waals surface area (Å²) in [6.45, 7) is 1.96. The molecular weight excluding hydrogens is 488 g/mol. The van der Waals surface area contributed by atoms with Crippen LogP contribution in [0.2, 0.25) is 0 Å². The zero-order valence-corrected chi connectivity index (χ0v) is 21.0. The van der Waals surface area contributed by atoms with Crippen LogP contribution in [0, 0.1) is 6.92 Å². The van der Waals surface area contributed by atoms with E-state index in [-0.39, 0.29) is 17.1 Å². The predicted molar refractivity (Wildman–Crippen MR) is 144 cm³/mol. The molecule has 0 bridgehead atoms. The van der Waals surface area contributed by atoms with Gasteiger partial charge in [0.2, 0.25) is 0 Å². The first-order chi connectivity index (χ1) is 18.0. The third-order valence-electron chi connectivity index (χ3n) is 6.76. The van der Waals surface area contributed by atoms with Crippen LogP contribution in [0.4, 0.5) is 26.7 Å². The van der Waals surface area contributed by atoms with E-state index in [1.54, 1.807) is 22.5 Å². The minimum absolute atomic E-state index is 0.0718. The van der Waals surface area contributed by atoms with Crippen LogP contribution in [0.25, 0.3) is 10.2 Å². The monoisotopic (exact) mass is 513 g/mol. The van der Waals surface area contributed by atoms with Crippen molar-refractivity contribution in [2.45, 2.75) is 38.6 Å². The van der Waals surface area contributed by atoms with Crippen molar-refractivity contribution in [3.8, 4) is 11.5 Å². The van der Waals surface area contributed by atoms with Crippen LogP contribution in [0.3, 0.4) is 0 Å². The standard InChI is InChI=1S/C28H24N4O4S/c1-17-8-2-6-12-23(17)36-24-13-7-4-10-20(24)32-21-14-15-29-26-25(21)19(30-27(32)34)16-37(26)28(35)31-18-9-3-5-11-22(18)33/h2,4,6-8,10,12-16,18H,3,5,9,11H2,1H3,(H-,30,31,34,35)/p+1. The first-order valence-electron chi connectivity index (χ1n) is 12.2. The predicted octanol–water partition coefficient (Wildman–Crippen LogP) is 6.84. The molecular formula is C28H25N4O4S+. The van der Waals surface area contributed by atoms with Crippen LogP contribution in [-0.4, -0.2) is 28.1 Å². The number of Topliss-reactive ketones (excluding diaryl/α,β-unsaturated/α-hetero) is 1. The number of nitrogens with zero attached hydrogens (tertiary/aromatic N) is 2. The van der Waals surface area contributed by atoms with Gasteiger partial charge in [-0.3, -0.25) is 15.0 Å². The Morgan fingerprint density at radius 2 is 1.84 bits per heavy atom. The number of carbonyl (C=O) groups excluding carboxylic acids is 3. The number of nitrogens with one attached hydrogen (secondary N) is 2. The quantitative estimate of drug-likeness (QED) is 0.285. The highest BCUT2D eigenvalue weighted by Gasteiger charge is 2.38. The molecule has 1 aliphatic carbocycles. The molecule has 0 radical (unpaired) electrons. The van der Waals surface area contributed by atoms with Crippen LogP contribution in [-0.2, 0) is 4.79 Å². The smallest absolute Gasteiger partial charge is 0.455 e. The molecule has 3 heterocycles. The molecule has 0 saturated heterocycles. The van der Waals surface area contributed by atoms with Crippen LogP contribution in [0.1, 0.15) is 31.2 Å². The average molecular weight is 514 g/mol. The first-order valence-corrected chi connectivity index (χ1v) is 13.5. The van der Waals surface area contributed by atoms with E-state index in [0.717, 1.165) is 18.4 Å². The van der Waals surface area contributed by atoms with E-state index in [2.05, 4.69) is 15.6 Å². The minimum Gasteiger partial charge on any atom is -0.455 e. The third kappa shape index (κ3) is 4.11. The Kier molecular flexibility index (Phi) is 5.84. The molecule has 3 amide bonds. The van der Waals surface area contributed by atoms with Crippen molar-refractivity contribution in [2.75, 3.05) is 10.2 Å². The third-order valence-corrected chi connectivity index (χ3v) is 8.47. The van der Waals surface area contributed by atoms with Gasteiger partial charge < -0.3 is 10.1 Å². The maximum Gasteiger partial charge on any atom is 0.458 e. The zero-order chi connectivity index (χ0) is 25.5. The molecule has 2 aromatic heterocycles. The van der Waals surface area contributed by atoms with Gasteiger partial charge in [-0.2, -0.15) is 0 Å². The number of anilines is 3. The van der Waals surface area contributed by atoms with Crippen LogP contribution >= 0.6 is 10.5 Å². The maximum absolute atomic E-state index is 13.4. The van der Waals surface area contributed by atoms with E-state index in [1.807, 2.05) is 55.5 Å². The number of ketones is 1. The summed E-state index contributed by atoms with van der Waals surface area (Å²) >= 11 is 0. The van der Waals surface area contributed by atoms with E-state index in [4.69, 9.17) is 4.74 Å². The Morgan fingerprint density at radius 1 is 1.05 bits per heavy atom. The highest BCUT2D eigenvalue weighted by atomic mass is 32.2. The summed E-state index contributed by atoms with van der Waals surface area (Å²) in [6, 6.07) is 16.0. The van der Waals surface area contributed by atoms with Gasteiger partial charge in [-0.1, -0.05) is 36.8 Å². The van der Waals surface area contributed by atoms with Gasteiger partial charge in [-0.15, -0.1) is 0 Å². The molecule has 6 rings (SSSR count). The zero-order valence-electron chi connectivity index (χ0n) is 20.2. The fourth-order valence-electron chi connectivity index (χ4n) is 4.88. The summed E-state index contributed by atoms with van der Waals surface area (Å²) < 4.78 is 6.24. The number of aryl methyl sites for hydroxylation is 1. The molecule has 8 nitrogen and oxygen atoms in total. The number of rotatable bonds is 5. The number of pyridine rings is 1. The summed E-state index contributed by atoms with van der Waals surface area (Å²) in [4.78, 5) is 45.6. The van der Waals surface area contributed by atoms with E-state index >= 15 is 0 Å². The molecule has 2 unspecified atom stereocenters. The number of para-hydroxylation sites is 3. The Labute approximate surface area is 216 Å². The number of thiophene rings is 1. The largest absolute Gasteiger partial charge is 0.458 e. The Hall–Kier alpha value is -4.24. The van der Waals surface area contributed by atoms with Crippen molar-refractivity contribution < 1.29 is 19.1 Å². The fourth-order valence-corrected chi connectivity index (χ4v) is 6.57. The number of benzene rings is 2. The van der Waals surface area contributed by atoms with Crippen LogP contribution < -0.4 is 20.3 Å². The molecule has 2 aliphatic rings. The van der Waals surface area contributed by atoms with Crippen molar-refractivity contribution in [2.24, 2.45) is 0 Å². The lowest BCUT2D eigenvalue weighted by molar-refractivity contribution is -0.122. The normalized spacial score (nSPS) is 17.5. The number of aromatic nitrogens is 1. The SMILES string of the molecule is Cc1ccccc1Oc1ccccc1N1C(=O)Nc2c[s+](C(=O)NC3CCCCC3=O)c3nccc1c23. The molecule has 1 fully saturated rings. The van der Waals surface area contributed by atoms with Gasteiger partial charge in [0.15, 0.2) is 16.9 Å². The molecule has 2 aromatic carbocycles. The van der Waals surface area contributed by atoms with Crippen molar-refractivity contribution in [1.29, 1.82) is 0 Å². The second-order valence-corrected chi connectivity index (χ2v) is 10.8. The molecule has 37 heavy (non-hydrogen) atoms. The second-order valence-electron chi connectivity index (χ2n) is 9.18. The van der Waals surface area contributed by atoms with Gasteiger partial charge in [0, 0.05) is 12.6 Å². The van der Waals surface area contributed by atoms with Crippen molar-refractivity contribution in [3.05, 3.63) is 71.7 Å². The highest BCUT2D eigenvalue weighted by molar-refractivity contribution is 7.54. The van der Waals surface area contributed by atoms with Gasteiger partial charge >= 0.3 is 11.3 Å². The molecule has 186 valence electrons. The van der Waals surface area contributed by atoms with Gasteiger partial charge in [0.1, 0.15) is 27.3 Å². The Bertz CT molecular complexity index is 1560. The molecule has 1 aliphatic heterocycles.